The van der Waals surface area contributed by atoms with Gasteiger partial charge >= 0.3 is 0 Å². The normalized spacial score (nSPS) is 10.1. The van der Waals surface area contributed by atoms with Crippen molar-refractivity contribution < 1.29 is 0 Å². The number of nitriles is 1. The molecule has 0 atom stereocenters. The molecule has 17 heavy (non-hydrogen) atoms. The van der Waals surface area contributed by atoms with Gasteiger partial charge in [-0.1, -0.05) is 19.1 Å². The van der Waals surface area contributed by atoms with Crippen LogP contribution >= 0.6 is 23.6 Å². The van der Waals surface area contributed by atoms with E-state index in [9.17, 15) is 0 Å². The van der Waals surface area contributed by atoms with Crippen LogP contribution in [0.5, 0.6) is 0 Å². The van der Waals surface area contributed by atoms with Crippen LogP contribution in [0.1, 0.15) is 18.9 Å². The molecule has 1 heterocycles. The second-order valence-electron chi connectivity index (χ2n) is 3.73. The highest BCUT2D eigenvalue weighted by Crippen LogP contribution is 2.24. The van der Waals surface area contributed by atoms with Crippen LogP contribution in [0.2, 0.25) is 0 Å². The molecule has 86 valence electrons. The number of aromatic nitrogens is 1. The fraction of sp³-hybridized carbons (Fsp3) is 0.231. The van der Waals surface area contributed by atoms with Crippen LogP contribution in [0, 0.1) is 15.3 Å². The smallest absolute Gasteiger partial charge is 0.161 e. The molecule has 1 aromatic carbocycles. The van der Waals surface area contributed by atoms with Gasteiger partial charge < -0.3 is 4.57 Å². The van der Waals surface area contributed by atoms with Crippen molar-refractivity contribution in [3.8, 4) is 17.3 Å². The first-order valence-corrected chi connectivity index (χ1v) is 6.74. The third kappa shape index (κ3) is 2.46. The maximum atomic E-state index is 8.77. The molecule has 2 aromatic rings. The topological polar surface area (TPSA) is 28.7 Å². The van der Waals surface area contributed by atoms with E-state index in [-0.39, 0.29) is 0 Å². The van der Waals surface area contributed by atoms with E-state index in [0.29, 0.717) is 5.56 Å². The van der Waals surface area contributed by atoms with Crippen molar-refractivity contribution in [2.45, 2.75) is 19.9 Å². The Balaban J connectivity index is 2.46. The van der Waals surface area contributed by atoms with Crippen LogP contribution in [-0.4, -0.2) is 4.57 Å². The van der Waals surface area contributed by atoms with Gasteiger partial charge in [0.25, 0.3) is 0 Å². The average Bonchev–Trinajstić information content (AvgIpc) is 2.72. The first kappa shape index (κ1) is 12.0. The minimum Gasteiger partial charge on any atom is -0.323 e. The third-order valence-corrected chi connectivity index (χ3v) is 3.81. The molecule has 1 aromatic heterocycles. The summed E-state index contributed by atoms with van der Waals surface area (Å²) in [6.07, 6.45) is 1.06. The number of hydrogen-bond donors (Lipinski definition) is 0. The van der Waals surface area contributed by atoms with Crippen molar-refractivity contribution in [2.75, 3.05) is 0 Å². The van der Waals surface area contributed by atoms with Crippen molar-refractivity contribution in [1.29, 1.82) is 5.26 Å². The molecule has 0 spiro atoms. The Morgan fingerprint density at radius 1 is 1.35 bits per heavy atom. The molecule has 0 radical (unpaired) electrons. The van der Waals surface area contributed by atoms with Crippen molar-refractivity contribution in [3.63, 3.8) is 0 Å². The zero-order chi connectivity index (χ0) is 12.3. The maximum absolute atomic E-state index is 8.77. The minimum atomic E-state index is 0.685. The molecule has 0 saturated carbocycles. The zero-order valence-corrected chi connectivity index (χ0v) is 11.1. The molecular formula is C13H12N2S2. The van der Waals surface area contributed by atoms with Crippen LogP contribution in [-0.2, 0) is 6.54 Å². The number of nitrogens with zero attached hydrogens (tertiary/aromatic N) is 2. The van der Waals surface area contributed by atoms with Gasteiger partial charge in [0.15, 0.2) is 3.95 Å². The monoisotopic (exact) mass is 260 g/mol. The van der Waals surface area contributed by atoms with Crippen molar-refractivity contribution in [3.05, 3.63) is 39.2 Å². The highest BCUT2D eigenvalue weighted by atomic mass is 32.1. The highest BCUT2D eigenvalue weighted by molar-refractivity contribution is 7.73. The lowest BCUT2D eigenvalue weighted by Crippen LogP contribution is -1.98. The number of thiazole rings is 1. The number of hydrogen-bond acceptors (Lipinski definition) is 3. The molecule has 2 nitrogen and oxygen atoms in total. The van der Waals surface area contributed by atoms with Gasteiger partial charge in [-0.25, -0.2) is 0 Å². The summed E-state index contributed by atoms with van der Waals surface area (Å²) in [5.74, 6) is 0. The fourth-order valence-electron chi connectivity index (χ4n) is 1.71. The second-order valence-corrected chi connectivity index (χ2v) is 5.23. The summed E-state index contributed by atoms with van der Waals surface area (Å²) in [5.41, 5.74) is 2.95. The number of benzene rings is 1. The van der Waals surface area contributed by atoms with E-state index in [1.165, 1.54) is 0 Å². The maximum Gasteiger partial charge on any atom is 0.161 e. The molecule has 0 bridgehead atoms. The summed E-state index contributed by atoms with van der Waals surface area (Å²) in [6.45, 7) is 3.08. The summed E-state index contributed by atoms with van der Waals surface area (Å²) >= 11 is 6.90. The van der Waals surface area contributed by atoms with Crippen LogP contribution in [0.25, 0.3) is 11.3 Å². The number of rotatable bonds is 3. The van der Waals surface area contributed by atoms with Crippen LogP contribution in [0.4, 0.5) is 0 Å². The predicted molar refractivity (Wildman–Crippen MR) is 73.6 cm³/mol. The van der Waals surface area contributed by atoms with E-state index >= 15 is 0 Å². The van der Waals surface area contributed by atoms with E-state index in [2.05, 4.69) is 22.9 Å². The van der Waals surface area contributed by atoms with Gasteiger partial charge in [-0.15, -0.1) is 11.3 Å². The Hall–Kier alpha value is -1.44. The standard InChI is InChI=1S/C13H12N2S2/c1-2-7-15-12(9-17-13(15)16)11-5-3-10(8-14)4-6-11/h3-6,9H,2,7H2,1H3. The van der Waals surface area contributed by atoms with Gasteiger partial charge in [-0.2, -0.15) is 5.26 Å². The lowest BCUT2D eigenvalue weighted by molar-refractivity contribution is 0.686. The van der Waals surface area contributed by atoms with Crippen molar-refractivity contribution >= 4 is 23.6 Å². The van der Waals surface area contributed by atoms with Crippen molar-refractivity contribution in [2.24, 2.45) is 0 Å². The van der Waals surface area contributed by atoms with Gasteiger partial charge in [-0.3, -0.25) is 0 Å². The molecule has 0 fully saturated rings. The van der Waals surface area contributed by atoms with E-state index in [4.69, 9.17) is 17.5 Å². The van der Waals surface area contributed by atoms with Gasteiger partial charge in [0.2, 0.25) is 0 Å². The van der Waals surface area contributed by atoms with Gasteiger partial charge in [0, 0.05) is 11.9 Å². The molecule has 0 saturated heterocycles. The van der Waals surface area contributed by atoms with Crippen LogP contribution in [0.15, 0.2) is 29.6 Å². The summed E-state index contributed by atoms with van der Waals surface area (Å²) in [5, 5.41) is 10.9. The SMILES string of the molecule is CCCn1c(-c2ccc(C#N)cc2)csc1=S. The Kier molecular flexibility index (Phi) is 3.72. The first-order valence-electron chi connectivity index (χ1n) is 5.45. The van der Waals surface area contributed by atoms with E-state index in [1.54, 1.807) is 11.3 Å². The Labute approximate surface area is 110 Å². The Morgan fingerprint density at radius 2 is 2.06 bits per heavy atom. The average molecular weight is 260 g/mol. The molecule has 4 heteroatoms. The first-order chi connectivity index (χ1) is 8.26. The zero-order valence-electron chi connectivity index (χ0n) is 9.51. The second kappa shape index (κ2) is 5.26. The van der Waals surface area contributed by atoms with Gasteiger partial charge in [-0.05, 0) is 36.3 Å². The minimum absolute atomic E-state index is 0.685. The molecule has 0 aliphatic carbocycles. The molecule has 0 aliphatic rings. The molecule has 0 aliphatic heterocycles. The predicted octanol–water partition coefficient (Wildman–Crippen LogP) is 4.23. The molecule has 0 unspecified atom stereocenters. The van der Waals surface area contributed by atoms with Crippen LogP contribution in [0.3, 0.4) is 0 Å². The van der Waals surface area contributed by atoms with E-state index in [0.717, 1.165) is 28.2 Å². The lowest BCUT2D eigenvalue weighted by Gasteiger charge is -2.07. The van der Waals surface area contributed by atoms with Gasteiger partial charge in [0.05, 0.1) is 17.3 Å². The van der Waals surface area contributed by atoms with Crippen LogP contribution < -0.4 is 0 Å². The molecular weight excluding hydrogens is 248 g/mol. The van der Waals surface area contributed by atoms with Gasteiger partial charge in [0.1, 0.15) is 0 Å². The summed E-state index contributed by atoms with van der Waals surface area (Å²) in [4.78, 5) is 0. The fourth-order valence-corrected chi connectivity index (χ4v) is 2.83. The lowest BCUT2D eigenvalue weighted by atomic mass is 10.1. The Morgan fingerprint density at radius 3 is 2.65 bits per heavy atom. The van der Waals surface area contributed by atoms with E-state index < -0.39 is 0 Å². The quantitative estimate of drug-likeness (QED) is 0.773. The van der Waals surface area contributed by atoms with Crippen molar-refractivity contribution in [1.82, 2.24) is 4.57 Å². The Bertz CT molecular complexity index is 600. The largest absolute Gasteiger partial charge is 0.323 e. The summed E-state index contributed by atoms with van der Waals surface area (Å²) < 4.78 is 3.06. The summed E-state index contributed by atoms with van der Waals surface area (Å²) in [7, 11) is 0. The molecule has 2 rings (SSSR count). The third-order valence-electron chi connectivity index (χ3n) is 2.54. The molecule has 0 N–H and O–H groups in total. The highest BCUT2D eigenvalue weighted by Gasteiger charge is 2.06. The molecule has 0 amide bonds. The van der Waals surface area contributed by atoms with E-state index in [1.807, 2.05) is 24.3 Å². The summed E-state index contributed by atoms with van der Waals surface area (Å²) in [6, 6.07) is 9.75.